The molecule has 1 heterocycles. The molecule has 1 aliphatic heterocycles. The molecule has 2 amide bonds. The van der Waals surface area contributed by atoms with Gasteiger partial charge < -0.3 is 20.1 Å². The number of carbonyl (C=O) groups is 3. The first-order valence-electron chi connectivity index (χ1n) is 11.5. The summed E-state index contributed by atoms with van der Waals surface area (Å²) in [5.74, 6) is -2.20. The van der Waals surface area contributed by atoms with Crippen molar-refractivity contribution in [1.82, 2.24) is 10.2 Å². The predicted molar refractivity (Wildman–Crippen MR) is 114 cm³/mol. The Morgan fingerprint density at radius 2 is 1.90 bits per heavy atom. The zero-order chi connectivity index (χ0) is 22.1. The number of allylic oxidation sites excluding steroid dienone is 1. The van der Waals surface area contributed by atoms with Gasteiger partial charge in [0, 0.05) is 25.6 Å². The highest BCUT2D eigenvalue weighted by atomic mass is 16.5. The highest BCUT2D eigenvalue weighted by Crippen LogP contribution is 2.44. The maximum absolute atomic E-state index is 13.4. The molecular formula is C23H38N2O5. The van der Waals surface area contributed by atoms with E-state index in [1.807, 2.05) is 19.1 Å². The molecule has 0 radical (unpaired) electrons. The maximum Gasteiger partial charge on any atom is 0.310 e. The van der Waals surface area contributed by atoms with Crippen LogP contribution in [0.1, 0.15) is 59.3 Å². The summed E-state index contributed by atoms with van der Waals surface area (Å²) in [5, 5.41) is 12.0. The number of likely N-dealkylation sites (tertiary alicyclic amines) is 1. The number of unbranched alkanes of at least 4 members (excludes halogenated alkanes) is 4. The number of aliphatic hydroxyl groups excluding tert-OH is 1. The van der Waals surface area contributed by atoms with Crippen LogP contribution in [0.2, 0.25) is 0 Å². The van der Waals surface area contributed by atoms with Crippen LogP contribution in [0.5, 0.6) is 0 Å². The maximum atomic E-state index is 13.4. The van der Waals surface area contributed by atoms with E-state index in [1.165, 1.54) is 0 Å². The van der Waals surface area contributed by atoms with Gasteiger partial charge in [-0.05, 0) is 38.5 Å². The smallest absolute Gasteiger partial charge is 0.310 e. The zero-order valence-electron chi connectivity index (χ0n) is 18.6. The first-order chi connectivity index (χ1) is 14.5. The van der Waals surface area contributed by atoms with Crippen LogP contribution in [-0.4, -0.2) is 60.1 Å². The minimum absolute atomic E-state index is 0.114. The number of fused-ring (bicyclic) bond motifs is 1. The summed E-state index contributed by atoms with van der Waals surface area (Å²) in [6, 6.07) is -0.598. The number of carbonyl (C=O) groups excluding carboxylic acids is 3. The van der Waals surface area contributed by atoms with Gasteiger partial charge in [-0.2, -0.15) is 0 Å². The Balaban J connectivity index is 2.23. The molecule has 1 saturated heterocycles. The third-order valence-electron chi connectivity index (χ3n) is 6.24. The molecule has 0 bridgehead atoms. The van der Waals surface area contributed by atoms with Crippen LogP contribution >= 0.6 is 0 Å². The quantitative estimate of drug-likeness (QED) is 0.286. The Bertz CT molecular complexity index is 621. The van der Waals surface area contributed by atoms with Crippen LogP contribution in [0.3, 0.4) is 0 Å². The average Bonchev–Trinajstić information content (AvgIpc) is 3.00. The number of aliphatic hydroxyl groups is 1. The van der Waals surface area contributed by atoms with Crippen molar-refractivity contribution in [1.29, 1.82) is 0 Å². The van der Waals surface area contributed by atoms with E-state index in [-0.39, 0.29) is 42.8 Å². The Morgan fingerprint density at radius 3 is 2.57 bits per heavy atom. The number of hydrogen-bond acceptors (Lipinski definition) is 5. The molecule has 1 fully saturated rings. The Hall–Kier alpha value is -1.89. The molecule has 2 N–H and O–H groups in total. The molecule has 0 aromatic rings. The molecule has 2 aliphatic rings. The summed E-state index contributed by atoms with van der Waals surface area (Å²) < 4.78 is 5.27. The van der Waals surface area contributed by atoms with Crippen molar-refractivity contribution in [2.45, 2.75) is 65.3 Å². The summed E-state index contributed by atoms with van der Waals surface area (Å²) in [5.41, 5.74) is 0. The largest absolute Gasteiger partial charge is 0.466 e. The summed E-state index contributed by atoms with van der Waals surface area (Å²) in [4.78, 5) is 40.8. The number of esters is 1. The lowest BCUT2D eigenvalue weighted by atomic mass is 9.70. The van der Waals surface area contributed by atoms with Gasteiger partial charge in [-0.3, -0.25) is 14.4 Å². The molecule has 30 heavy (non-hydrogen) atoms. The Labute approximate surface area is 180 Å². The number of ether oxygens (including phenoxy) is 1. The summed E-state index contributed by atoms with van der Waals surface area (Å²) in [7, 11) is 0. The van der Waals surface area contributed by atoms with E-state index in [2.05, 4.69) is 12.2 Å². The lowest BCUT2D eigenvalue weighted by Crippen LogP contribution is -2.47. The second kappa shape index (κ2) is 12.1. The minimum Gasteiger partial charge on any atom is -0.466 e. The molecule has 0 aromatic heterocycles. The average molecular weight is 423 g/mol. The van der Waals surface area contributed by atoms with Gasteiger partial charge in [-0.15, -0.1) is 0 Å². The van der Waals surface area contributed by atoms with Crippen molar-refractivity contribution in [3.05, 3.63) is 12.2 Å². The fraction of sp³-hybridized carbons (Fsp3) is 0.783. The fourth-order valence-corrected chi connectivity index (χ4v) is 4.69. The van der Waals surface area contributed by atoms with E-state index >= 15 is 0 Å². The van der Waals surface area contributed by atoms with Gasteiger partial charge in [0.25, 0.3) is 0 Å². The van der Waals surface area contributed by atoms with Gasteiger partial charge >= 0.3 is 5.97 Å². The minimum atomic E-state index is -0.598. The van der Waals surface area contributed by atoms with E-state index in [9.17, 15) is 14.4 Å². The predicted octanol–water partition coefficient (Wildman–Crippen LogP) is 2.28. The first kappa shape index (κ1) is 24.4. The molecule has 0 saturated carbocycles. The van der Waals surface area contributed by atoms with Gasteiger partial charge in [0.05, 0.1) is 18.4 Å². The molecule has 0 unspecified atom stereocenters. The molecule has 170 valence electrons. The summed E-state index contributed by atoms with van der Waals surface area (Å²) >= 11 is 0. The number of nitrogens with one attached hydrogen (secondary N) is 1. The Kier molecular flexibility index (Phi) is 9.82. The second-order valence-corrected chi connectivity index (χ2v) is 8.38. The number of hydrogen-bond donors (Lipinski definition) is 2. The first-order valence-corrected chi connectivity index (χ1v) is 11.5. The third-order valence-corrected chi connectivity index (χ3v) is 6.24. The molecular weight excluding hydrogens is 384 g/mol. The summed E-state index contributed by atoms with van der Waals surface area (Å²) in [6.45, 7) is 7.22. The topological polar surface area (TPSA) is 95.9 Å². The van der Waals surface area contributed by atoms with E-state index in [0.717, 1.165) is 25.7 Å². The second-order valence-electron chi connectivity index (χ2n) is 8.38. The van der Waals surface area contributed by atoms with Crippen LogP contribution in [-0.2, 0) is 19.1 Å². The molecule has 5 atom stereocenters. The normalized spacial score (nSPS) is 27.8. The lowest BCUT2D eigenvalue weighted by Gasteiger charge is -2.32. The van der Waals surface area contributed by atoms with Crippen LogP contribution in [0.25, 0.3) is 0 Å². The van der Waals surface area contributed by atoms with Crippen molar-refractivity contribution in [3.8, 4) is 0 Å². The van der Waals surface area contributed by atoms with Crippen molar-refractivity contribution in [2.75, 3.05) is 26.3 Å². The number of rotatable bonds is 12. The van der Waals surface area contributed by atoms with Crippen LogP contribution < -0.4 is 5.32 Å². The SMILES string of the molecule is CCCCCNC(=O)[C@@H]1[C@H]2C=C[C@@H](C)[C@@H](C(=O)OCC)[C@H]2C(=O)N1CCCCCO. The fourth-order valence-electron chi connectivity index (χ4n) is 4.69. The van der Waals surface area contributed by atoms with Gasteiger partial charge in [-0.25, -0.2) is 0 Å². The lowest BCUT2D eigenvalue weighted by molar-refractivity contribution is -0.155. The number of amides is 2. The molecule has 0 spiro atoms. The van der Waals surface area contributed by atoms with E-state index in [4.69, 9.17) is 9.84 Å². The van der Waals surface area contributed by atoms with Gasteiger partial charge in [0.15, 0.2) is 0 Å². The van der Waals surface area contributed by atoms with Crippen LogP contribution in [0, 0.1) is 23.7 Å². The third kappa shape index (κ3) is 5.62. The molecule has 7 heteroatoms. The van der Waals surface area contributed by atoms with Gasteiger partial charge in [0.1, 0.15) is 6.04 Å². The highest BCUT2D eigenvalue weighted by molar-refractivity contribution is 5.96. The van der Waals surface area contributed by atoms with Gasteiger partial charge in [0.2, 0.25) is 11.8 Å². The van der Waals surface area contributed by atoms with Crippen molar-refractivity contribution in [2.24, 2.45) is 23.7 Å². The van der Waals surface area contributed by atoms with Gasteiger partial charge in [-0.1, -0.05) is 38.8 Å². The number of nitrogens with zero attached hydrogens (tertiary/aromatic N) is 1. The molecule has 1 aliphatic carbocycles. The summed E-state index contributed by atoms with van der Waals surface area (Å²) in [6.07, 6.45) is 9.10. The van der Waals surface area contributed by atoms with E-state index < -0.39 is 17.9 Å². The van der Waals surface area contributed by atoms with Crippen LogP contribution in [0.4, 0.5) is 0 Å². The van der Waals surface area contributed by atoms with Crippen molar-refractivity contribution in [3.63, 3.8) is 0 Å². The molecule has 7 nitrogen and oxygen atoms in total. The Morgan fingerprint density at radius 1 is 1.13 bits per heavy atom. The van der Waals surface area contributed by atoms with E-state index in [1.54, 1.807) is 11.8 Å². The van der Waals surface area contributed by atoms with Crippen molar-refractivity contribution < 1.29 is 24.2 Å². The molecule has 2 rings (SSSR count). The molecule has 0 aromatic carbocycles. The van der Waals surface area contributed by atoms with Crippen molar-refractivity contribution >= 4 is 17.8 Å². The highest BCUT2D eigenvalue weighted by Gasteiger charge is 2.56. The van der Waals surface area contributed by atoms with E-state index in [0.29, 0.717) is 25.9 Å². The monoisotopic (exact) mass is 422 g/mol. The zero-order valence-corrected chi connectivity index (χ0v) is 18.6. The standard InChI is InChI=1S/C23H38N2O5/c1-4-6-8-13-24-21(27)20-17-12-11-16(3)18(23(29)30-5-2)19(17)22(28)25(20)14-9-7-10-15-26/h11-12,16-20,26H,4-10,13-15H2,1-3H3,(H,24,27)/t16-,17+,18-,19+,20+/m1/s1. The van der Waals surface area contributed by atoms with Crippen LogP contribution in [0.15, 0.2) is 12.2 Å².